The van der Waals surface area contributed by atoms with Crippen LogP contribution in [0.4, 0.5) is 8.78 Å². The number of amides is 1. The number of carbonyl (C=O) groups is 1. The fraction of sp³-hybridized carbons (Fsp3) is 0.286. The van der Waals surface area contributed by atoms with E-state index in [2.05, 4.69) is 5.32 Å². The second-order valence-corrected chi connectivity index (χ2v) is 8.25. The first kappa shape index (κ1) is 22.7. The zero-order valence-electron chi connectivity index (χ0n) is 16.4. The van der Waals surface area contributed by atoms with Crippen LogP contribution in [-0.2, 0) is 21.2 Å². The molecule has 0 spiro atoms. The van der Waals surface area contributed by atoms with E-state index in [1.54, 1.807) is 32.1 Å². The summed E-state index contributed by atoms with van der Waals surface area (Å²) in [6, 6.07) is 9.49. The van der Waals surface area contributed by atoms with E-state index in [1.807, 2.05) is 0 Å². The molecule has 0 aromatic heterocycles. The van der Waals surface area contributed by atoms with Gasteiger partial charge in [0, 0.05) is 31.8 Å². The van der Waals surface area contributed by atoms with Gasteiger partial charge in [0.05, 0.1) is 4.90 Å². The highest BCUT2D eigenvalue weighted by Crippen LogP contribution is 2.16. The van der Waals surface area contributed by atoms with Gasteiger partial charge in [-0.2, -0.15) is 4.31 Å². The number of sulfonamides is 1. The van der Waals surface area contributed by atoms with Crippen molar-refractivity contribution in [2.75, 3.05) is 19.6 Å². The monoisotopic (exact) mass is 422 g/mol. The molecule has 0 unspecified atom stereocenters. The lowest BCUT2D eigenvalue weighted by atomic mass is 10.1. The summed E-state index contributed by atoms with van der Waals surface area (Å²) in [5.41, 5.74) is 1.13. The molecule has 1 N–H and O–H groups in total. The number of nitrogens with zero attached hydrogens (tertiary/aromatic N) is 1. The third-order valence-corrected chi connectivity index (χ3v) is 6.35. The average molecular weight is 422 g/mol. The van der Waals surface area contributed by atoms with Crippen LogP contribution >= 0.6 is 0 Å². The second-order valence-electron chi connectivity index (χ2n) is 6.31. The number of carbonyl (C=O) groups excluding carboxylic acids is 1. The van der Waals surface area contributed by atoms with Crippen molar-refractivity contribution in [1.29, 1.82) is 0 Å². The van der Waals surface area contributed by atoms with Crippen LogP contribution in [0.1, 0.15) is 25.0 Å². The summed E-state index contributed by atoms with van der Waals surface area (Å²) >= 11 is 0. The quantitative estimate of drug-likeness (QED) is 0.630. The van der Waals surface area contributed by atoms with E-state index in [1.165, 1.54) is 34.6 Å². The normalized spacial score (nSPS) is 11.9. The Kier molecular flexibility index (Phi) is 8.04. The molecule has 2 aromatic carbocycles. The second kappa shape index (κ2) is 10.3. The first-order valence-electron chi connectivity index (χ1n) is 9.27. The SMILES string of the molecule is CCN(CC)S(=O)(=O)c1ccc(/C=C/C(=O)NCCc2cc(F)cc(F)c2)cc1. The maximum Gasteiger partial charge on any atom is 0.244 e. The zero-order chi connectivity index (χ0) is 21.4. The lowest BCUT2D eigenvalue weighted by Gasteiger charge is -2.18. The molecule has 0 atom stereocenters. The van der Waals surface area contributed by atoms with Gasteiger partial charge in [0.15, 0.2) is 0 Å². The van der Waals surface area contributed by atoms with Crippen molar-refractivity contribution in [3.63, 3.8) is 0 Å². The van der Waals surface area contributed by atoms with Crippen molar-refractivity contribution in [2.24, 2.45) is 0 Å². The molecular weight excluding hydrogens is 398 g/mol. The molecule has 0 aliphatic heterocycles. The molecule has 0 radical (unpaired) electrons. The van der Waals surface area contributed by atoms with Crippen LogP contribution in [0.5, 0.6) is 0 Å². The van der Waals surface area contributed by atoms with Gasteiger partial charge in [0.2, 0.25) is 15.9 Å². The van der Waals surface area contributed by atoms with Gasteiger partial charge in [-0.3, -0.25) is 4.79 Å². The average Bonchev–Trinajstić information content (AvgIpc) is 2.66. The van der Waals surface area contributed by atoms with Crippen LogP contribution in [0.15, 0.2) is 53.4 Å². The third-order valence-electron chi connectivity index (χ3n) is 4.29. The van der Waals surface area contributed by atoms with Crippen molar-refractivity contribution in [1.82, 2.24) is 9.62 Å². The van der Waals surface area contributed by atoms with E-state index < -0.39 is 21.7 Å². The number of rotatable bonds is 9. The molecule has 0 heterocycles. The van der Waals surface area contributed by atoms with Crippen LogP contribution in [0.3, 0.4) is 0 Å². The van der Waals surface area contributed by atoms with Crippen LogP contribution in [-0.4, -0.2) is 38.3 Å². The Labute approximate surface area is 170 Å². The molecule has 0 bridgehead atoms. The summed E-state index contributed by atoms with van der Waals surface area (Å²) in [7, 11) is -3.52. The van der Waals surface area contributed by atoms with Gasteiger partial charge in [0.1, 0.15) is 11.6 Å². The maximum absolute atomic E-state index is 13.1. The largest absolute Gasteiger partial charge is 0.352 e. The van der Waals surface area contributed by atoms with Crippen molar-refractivity contribution in [2.45, 2.75) is 25.2 Å². The molecular formula is C21H24F2N2O3S. The van der Waals surface area contributed by atoms with Gasteiger partial charge >= 0.3 is 0 Å². The molecule has 156 valence electrons. The van der Waals surface area contributed by atoms with E-state index in [0.29, 0.717) is 30.6 Å². The third kappa shape index (κ3) is 6.47. The summed E-state index contributed by atoms with van der Waals surface area (Å²) in [4.78, 5) is 12.1. The minimum atomic E-state index is -3.52. The Morgan fingerprint density at radius 1 is 1.03 bits per heavy atom. The summed E-state index contributed by atoms with van der Waals surface area (Å²) in [6.45, 7) is 4.57. The molecule has 0 saturated heterocycles. The number of hydrogen-bond acceptors (Lipinski definition) is 3. The predicted molar refractivity (Wildman–Crippen MR) is 109 cm³/mol. The van der Waals surface area contributed by atoms with Crippen molar-refractivity contribution in [3.05, 3.63) is 71.3 Å². The summed E-state index contributed by atoms with van der Waals surface area (Å²) in [5, 5.41) is 2.63. The van der Waals surface area contributed by atoms with E-state index in [-0.39, 0.29) is 17.3 Å². The highest BCUT2D eigenvalue weighted by Gasteiger charge is 2.20. The molecule has 5 nitrogen and oxygen atoms in total. The van der Waals surface area contributed by atoms with Gasteiger partial charge < -0.3 is 5.32 Å². The Balaban J connectivity index is 1.91. The minimum absolute atomic E-state index is 0.199. The Hall–Kier alpha value is -2.58. The topological polar surface area (TPSA) is 66.5 Å². The minimum Gasteiger partial charge on any atom is -0.352 e. The molecule has 0 aliphatic rings. The predicted octanol–water partition coefficient (Wildman–Crippen LogP) is 3.37. The van der Waals surface area contributed by atoms with E-state index >= 15 is 0 Å². The summed E-state index contributed by atoms with van der Waals surface area (Å²) in [6.07, 6.45) is 3.18. The lowest BCUT2D eigenvalue weighted by molar-refractivity contribution is -0.116. The van der Waals surface area contributed by atoms with Gasteiger partial charge in [0.25, 0.3) is 0 Å². The van der Waals surface area contributed by atoms with Crippen LogP contribution in [0, 0.1) is 11.6 Å². The number of nitrogens with one attached hydrogen (secondary N) is 1. The van der Waals surface area contributed by atoms with Crippen LogP contribution in [0.25, 0.3) is 6.08 Å². The first-order chi connectivity index (χ1) is 13.8. The molecule has 1 amide bonds. The van der Waals surface area contributed by atoms with Crippen LogP contribution in [0.2, 0.25) is 0 Å². The van der Waals surface area contributed by atoms with Crippen molar-refractivity contribution in [3.8, 4) is 0 Å². The fourth-order valence-corrected chi connectivity index (χ4v) is 4.24. The van der Waals surface area contributed by atoms with Gasteiger partial charge in [-0.25, -0.2) is 17.2 Å². The van der Waals surface area contributed by atoms with E-state index in [0.717, 1.165) is 6.07 Å². The fourth-order valence-electron chi connectivity index (χ4n) is 2.78. The Bertz CT molecular complexity index is 950. The number of hydrogen-bond donors (Lipinski definition) is 1. The Morgan fingerprint density at radius 3 is 2.17 bits per heavy atom. The molecule has 0 saturated carbocycles. The number of halogens is 2. The molecule has 2 rings (SSSR count). The summed E-state index contributed by atoms with van der Waals surface area (Å²) < 4.78 is 52.5. The van der Waals surface area contributed by atoms with Gasteiger partial charge in [-0.05, 0) is 47.9 Å². The highest BCUT2D eigenvalue weighted by atomic mass is 32.2. The van der Waals surface area contributed by atoms with E-state index in [9.17, 15) is 22.0 Å². The lowest BCUT2D eigenvalue weighted by Crippen LogP contribution is -2.30. The standard InChI is InChI=1S/C21H24F2N2O3S/c1-3-25(4-2)29(27,28)20-8-5-16(6-9-20)7-10-21(26)24-12-11-17-13-18(22)15-19(23)14-17/h5-10,13-15H,3-4,11-12H2,1-2H3,(H,24,26)/b10-7+. The van der Waals surface area contributed by atoms with E-state index in [4.69, 9.17) is 0 Å². The molecule has 0 aliphatic carbocycles. The summed E-state index contributed by atoms with van der Waals surface area (Å²) in [5.74, 6) is -1.67. The maximum atomic E-state index is 13.1. The van der Waals surface area contributed by atoms with Crippen LogP contribution < -0.4 is 5.32 Å². The van der Waals surface area contributed by atoms with Crippen molar-refractivity contribution < 1.29 is 22.0 Å². The molecule has 29 heavy (non-hydrogen) atoms. The zero-order valence-corrected chi connectivity index (χ0v) is 17.2. The Morgan fingerprint density at radius 2 is 1.62 bits per heavy atom. The first-order valence-corrected chi connectivity index (χ1v) is 10.7. The molecule has 8 heteroatoms. The molecule has 0 fully saturated rings. The van der Waals surface area contributed by atoms with Crippen molar-refractivity contribution >= 4 is 22.0 Å². The molecule has 2 aromatic rings. The smallest absolute Gasteiger partial charge is 0.244 e. The number of benzene rings is 2. The van der Waals surface area contributed by atoms with Gasteiger partial charge in [-0.1, -0.05) is 26.0 Å². The highest BCUT2D eigenvalue weighted by molar-refractivity contribution is 7.89. The van der Waals surface area contributed by atoms with Gasteiger partial charge in [-0.15, -0.1) is 0 Å².